The van der Waals surface area contributed by atoms with Crippen molar-refractivity contribution in [3.63, 3.8) is 0 Å². The van der Waals surface area contributed by atoms with Crippen LogP contribution in [0.2, 0.25) is 0 Å². The highest BCUT2D eigenvalue weighted by atomic mass is 16.4. The number of pyridine rings is 1. The number of hydrogen-bond acceptors (Lipinski definition) is 5. The molecule has 0 saturated heterocycles. The van der Waals surface area contributed by atoms with Crippen molar-refractivity contribution in [3.05, 3.63) is 77.2 Å². The largest absolute Gasteiger partial charge is 0.464 e. The van der Waals surface area contributed by atoms with E-state index in [1.807, 2.05) is 12.1 Å². The molecule has 4 aromatic rings. The van der Waals surface area contributed by atoms with Crippen molar-refractivity contribution < 1.29 is 13.6 Å². The number of nitrogens with one attached hydrogen (secondary N) is 1. The van der Waals surface area contributed by atoms with E-state index in [0.717, 1.165) is 11.1 Å². The summed E-state index contributed by atoms with van der Waals surface area (Å²) in [5.74, 6) is -0.132. The summed E-state index contributed by atoms with van der Waals surface area (Å²) in [5, 5.41) is 2.79. The molecular formula is C19H15N3O4. The molecule has 7 heteroatoms. The number of carbonyl (C=O) groups excluding carboxylic acids is 1. The highest BCUT2D eigenvalue weighted by molar-refractivity contribution is 5.79. The van der Waals surface area contributed by atoms with Gasteiger partial charge in [0.2, 0.25) is 5.91 Å². The lowest BCUT2D eigenvalue weighted by Gasteiger charge is -2.07. The van der Waals surface area contributed by atoms with Gasteiger partial charge in [-0.2, -0.15) is 0 Å². The Morgan fingerprint density at radius 1 is 1.15 bits per heavy atom. The second-order valence-electron chi connectivity index (χ2n) is 5.76. The lowest BCUT2D eigenvalue weighted by Crippen LogP contribution is -2.30. The predicted molar refractivity (Wildman–Crippen MR) is 94.3 cm³/mol. The molecule has 1 aromatic carbocycles. The summed E-state index contributed by atoms with van der Waals surface area (Å²) in [6.07, 6.45) is 4.96. The minimum Gasteiger partial charge on any atom is -0.464 e. The average molecular weight is 349 g/mol. The third kappa shape index (κ3) is 3.14. The van der Waals surface area contributed by atoms with Crippen molar-refractivity contribution in [3.8, 4) is 11.3 Å². The molecule has 0 atom stereocenters. The monoisotopic (exact) mass is 349 g/mol. The fraction of sp³-hybridized carbons (Fsp3) is 0.105. The summed E-state index contributed by atoms with van der Waals surface area (Å²) in [6.45, 7) is 0.187. The number of hydrogen-bond donors (Lipinski definition) is 1. The van der Waals surface area contributed by atoms with Crippen LogP contribution in [0, 0.1) is 0 Å². The fourth-order valence-electron chi connectivity index (χ4n) is 2.73. The quantitative estimate of drug-likeness (QED) is 0.598. The summed E-state index contributed by atoms with van der Waals surface area (Å²) < 4.78 is 11.8. The number of benzene rings is 1. The van der Waals surface area contributed by atoms with E-state index < -0.39 is 5.76 Å². The fourth-order valence-corrected chi connectivity index (χ4v) is 2.73. The van der Waals surface area contributed by atoms with Crippen molar-refractivity contribution in [2.24, 2.45) is 0 Å². The summed E-state index contributed by atoms with van der Waals surface area (Å²) >= 11 is 0. The Labute approximate surface area is 147 Å². The first-order valence-electron chi connectivity index (χ1n) is 8.03. The number of fused-ring (bicyclic) bond motifs is 1. The Kier molecular flexibility index (Phi) is 4.10. The first-order valence-corrected chi connectivity index (χ1v) is 8.03. The Morgan fingerprint density at radius 3 is 2.88 bits per heavy atom. The average Bonchev–Trinajstić information content (AvgIpc) is 3.29. The van der Waals surface area contributed by atoms with Crippen LogP contribution in [-0.2, 0) is 17.9 Å². The van der Waals surface area contributed by atoms with Gasteiger partial charge in [0.1, 0.15) is 12.3 Å². The maximum absolute atomic E-state index is 12.2. The summed E-state index contributed by atoms with van der Waals surface area (Å²) in [4.78, 5) is 28.3. The van der Waals surface area contributed by atoms with Crippen molar-refractivity contribution in [2.45, 2.75) is 13.1 Å². The van der Waals surface area contributed by atoms with Gasteiger partial charge in [-0.3, -0.25) is 14.3 Å². The van der Waals surface area contributed by atoms with Crippen molar-refractivity contribution in [1.82, 2.24) is 14.9 Å². The number of amides is 1. The topological polar surface area (TPSA) is 90.3 Å². The highest BCUT2D eigenvalue weighted by Gasteiger charge is 2.12. The van der Waals surface area contributed by atoms with Gasteiger partial charge in [-0.1, -0.05) is 12.1 Å². The molecule has 0 aliphatic carbocycles. The predicted octanol–water partition coefficient (Wildman–Crippen LogP) is 2.57. The zero-order valence-electron chi connectivity index (χ0n) is 13.7. The van der Waals surface area contributed by atoms with E-state index in [9.17, 15) is 9.59 Å². The van der Waals surface area contributed by atoms with E-state index in [2.05, 4.69) is 10.3 Å². The van der Waals surface area contributed by atoms with Gasteiger partial charge >= 0.3 is 5.76 Å². The SMILES string of the molecule is O=C(Cn1c(=O)oc2ccccc21)NCc1cncc(-c2ccco2)c1. The first-order chi connectivity index (χ1) is 12.7. The molecule has 0 aliphatic rings. The van der Waals surface area contributed by atoms with Crippen LogP contribution < -0.4 is 11.1 Å². The molecule has 1 N–H and O–H groups in total. The zero-order chi connectivity index (χ0) is 17.9. The molecule has 4 rings (SSSR count). The molecule has 0 radical (unpaired) electrons. The van der Waals surface area contributed by atoms with E-state index in [1.54, 1.807) is 49.0 Å². The van der Waals surface area contributed by atoms with Gasteiger partial charge in [0, 0.05) is 24.5 Å². The van der Waals surface area contributed by atoms with Gasteiger partial charge in [-0.15, -0.1) is 0 Å². The number of nitrogens with zero attached hydrogens (tertiary/aromatic N) is 2. The zero-order valence-corrected chi connectivity index (χ0v) is 13.7. The maximum atomic E-state index is 12.2. The Balaban J connectivity index is 1.45. The van der Waals surface area contributed by atoms with Crippen molar-refractivity contribution in [1.29, 1.82) is 0 Å². The van der Waals surface area contributed by atoms with E-state index >= 15 is 0 Å². The lowest BCUT2D eigenvalue weighted by molar-refractivity contribution is -0.121. The van der Waals surface area contributed by atoms with E-state index in [0.29, 0.717) is 23.4 Å². The molecule has 0 aliphatic heterocycles. The number of rotatable bonds is 5. The van der Waals surface area contributed by atoms with Crippen LogP contribution in [0.1, 0.15) is 5.56 Å². The third-order valence-electron chi connectivity index (χ3n) is 3.97. The van der Waals surface area contributed by atoms with Crippen molar-refractivity contribution >= 4 is 17.0 Å². The van der Waals surface area contributed by atoms with Crippen LogP contribution in [0.4, 0.5) is 0 Å². The van der Waals surface area contributed by atoms with Crippen LogP contribution in [0.5, 0.6) is 0 Å². The molecule has 0 spiro atoms. The lowest BCUT2D eigenvalue weighted by atomic mass is 10.1. The molecule has 0 saturated carbocycles. The molecular weight excluding hydrogens is 334 g/mol. The van der Waals surface area contributed by atoms with Gasteiger partial charge in [-0.05, 0) is 35.9 Å². The van der Waals surface area contributed by atoms with Gasteiger partial charge < -0.3 is 14.2 Å². The third-order valence-corrected chi connectivity index (χ3v) is 3.97. The summed E-state index contributed by atoms with van der Waals surface area (Å²) in [6, 6.07) is 12.5. The molecule has 0 bridgehead atoms. The van der Waals surface area contributed by atoms with E-state index in [-0.39, 0.29) is 12.5 Å². The first kappa shape index (κ1) is 15.9. The Hall–Kier alpha value is -3.61. The molecule has 7 nitrogen and oxygen atoms in total. The minimum absolute atomic E-state index is 0.110. The molecule has 3 heterocycles. The number of aromatic nitrogens is 2. The molecule has 130 valence electrons. The number of para-hydroxylation sites is 2. The Morgan fingerprint density at radius 2 is 2.04 bits per heavy atom. The Bertz CT molecular complexity index is 1110. The number of carbonyl (C=O) groups is 1. The number of oxazole rings is 1. The number of furan rings is 1. The second kappa shape index (κ2) is 6.72. The molecule has 0 unspecified atom stereocenters. The van der Waals surface area contributed by atoms with Crippen LogP contribution in [0.25, 0.3) is 22.4 Å². The maximum Gasteiger partial charge on any atom is 0.420 e. The van der Waals surface area contributed by atoms with Crippen LogP contribution in [-0.4, -0.2) is 15.5 Å². The van der Waals surface area contributed by atoms with Crippen LogP contribution in [0.3, 0.4) is 0 Å². The van der Waals surface area contributed by atoms with Crippen LogP contribution >= 0.6 is 0 Å². The van der Waals surface area contributed by atoms with E-state index in [4.69, 9.17) is 8.83 Å². The smallest absolute Gasteiger partial charge is 0.420 e. The van der Waals surface area contributed by atoms with Crippen molar-refractivity contribution in [2.75, 3.05) is 0 Å². The van der Waals surface area contributed by atoms with Gasteiger partial charge in [0.05, 0.1) is 11.8 Å². The van der Waals surface area contributed by atoms with Gasteiger partial charge in [0.25, 0.3) is 0 Å². The van der Waals surface area contributed by atoms with E-state index in [1.165, 1.54) is 4.57 Å². The molecule has 26 heavy (non-hydrogen) atoms. The van der Waals surface area contributed by atoms with Gasteiger partial charge in [-0.25, -0.2) is 4.79 Å². The highest BCUT2D eigenvalue weighted by Crippen LogP contribution is 2.19. The molecule has 0 fully saturated rings. The summed E-state index contributed by atoms with van der Waals surface area (Å²) in [5.41, 5.74) is 2.71. The standard InChI is InChI=1S/C19H15N3O4/c23-18(12-22-15-4-1-2-5-17(15)26-19(22)24)21-10-13-8-14(11-20-9-13)16-6-3-7-25-16/h1-9,11H,10,12H2,(H,21,23). The van der Waals surface area contributed by atoms with Crippen LogP contribution in [0.15, 0.2) is 74.8 Å². The molecule has 3 aromatic heterocycles. The molecule has 1 amide bonds. The van der Waals surface area contributed by atoms with Gasteiger partial charge in [0.15, 0.2) is 5.58 Å². The summed E-state index contributed by atoms with van der Waals surface area (Å²) in [7, 11) is 0. The normalized spacial score (nSPS) is 10.9. The minimum atomic E-state index is -0.553. The second-order valence-corrected chi connectivity index (χ2v) is 5.76.